The smallest absolute Gasteiger partial charge is 0.321 e. The van der Waals surface area contributed by atoms with Gasteiger partial charge in [0.25, 0.3) is 0 Å². The van der Waals surface area contributed by atoms with Crippen LogP contribution >= 0.6 is 0 Å². The van der Waals surface area contributed by atoms with Gasteiger partial charge in [-0.1, -0.05) is 13.8 Å². The van der Waals surface area contributed by atoms with Crippen molar-refractivity contribution >= 4 is 11.9 Å². The third-order valence-electron chi connectivity index (χ3n) is 2.79. The lowest BCUT2D eigenvalue weighted by atomic mass is 10.2. The molecule has 1 heterocycles. The average Bonchev–Trinajstić information content (AvgIpc) is 2.24. The summed E-state index contributed by atoms with van der Waals surface area (Å²) in [7, 11) is 0. The SMILES string of the molecule is CC(C)CNC(=O)NC(=O)CN1C[C@@H](C)O[C@@H](C)C1. The fraction of sp³-hybridized carbons (Fsp3) is 0.846. The number of hydrogen-bond donors (Lipinski definition) is 2. The molecule has 0 aromatic heterocycles. The molecule has 6 heteroatoms. The molecule has 0 bridgehead atoms. The van der Waals surface area contributed by atoms with E-state index in [1.165, 1.54) is 0 Å². The van der Waals surface area contributed by atoms with Crippen LogP contribution in [0.25, 0.3) is 0 Å². The Kier molecular flexibility index (Phi) is 6.24. The van der Waals surface area contributed by atoms with Crippen molar-refractivity contribution in [3.05, 3.63) is 0 Å². The van der Waals surface area contributed by atoms with Gasteiger partial charge in [0.1, 0.15) is 0 Å². The molecule has 0 aliphatic carbocycles. The Labute approximate surface area is 114 Å². The number of morpholine rings is 1. The first-order chi connectivity index (χ1) is 8.86. The van der Waals surface area contributed by atoms with Crippen molar-refractivity contribution < 1.29 is 14.3 Å². The van der Waals surface area contributed by atoms with E-state index in [4.69, 9.17) is 4.74 Å². The first-order valence-corrected chi connectivity index (χ1v) is 6.82. The first kappa shape index (κ1) is 15.9. The molecule has 1 saturated heterocycles. The monoisotopic (exact) mass is 271 g/mol. The highest BCUT2D eigenvalue weighted by Gasteiger charge is 2.24. The van der Waals surface area contributed by atoms with Gasteiger partial charge >= 0.3 is 6.03 Å². The molecule has 3 amide bonds. The molecule has 2 N–H and O–H groups in total. The van der Waals surface area contributed by atoms with Gasteiger partial charge in [-0.3, -0.25) is 15.0 Å². The average molecular weight is 271 g/mol. The second kappa shape index (κ2) is 7.45. The standard InChI is InChI=1S/C13H25N3O3/c1-9(2)5-14-13(18)15-12(17)8-16-6-10(3)19-11(4)7-16/h9-11H,5-8H2,1-4H3,(H2,14,15,17,18)/t10-,11+. The van der Waals surface area contributed by atoms with Crippen molar-refractivity contribution in [2.24, 2.45) is 5.92 Å². The number of nitrogens with zero attached hydrogens (tertiary/aromatic N) is 1. The summed E-state index contributed by atoms with van der Waals surface area (Å²) in [6.45, 7) is 10.2. The van der Waals surface area contributed by atoms with Gasteiger partial charge in [-0.05, 0) is 19.8 Å². The van der Waals surface area contributed by atoms with Gasteiger partial charge in [0.15, 0.2) is 0 Å². The fourth-order valence-corrected chi connectivity index (χ4v) is 2.12. The molecule has 0 unspecified atom stereocenters. The number of ether oxygens (including phenoxy) is 1. The van der Waals surface area contributed by atoms with Gasteiger partial charge in [0.2, 0.25) is 5.91 Å². The summed E-state index contributed by atoms with van der Waals surface area (Å²) in [5.74, 6) is 0.0874. The Morgan fingerprint density at radius 2 is 1.84 bits per heavy atom. The largest absolute Gasteiger partial charge is 0.373 e. The molecule has 1 fully saturated rings. The molecule has 0 aromatic rings. The third-order valence-corrected chi connectivity index (χ3v) is 2.79. The van der Waals surface area contributed by atoms with E-state index >= 15 is 0 Å². The highest BCUT2D eigenvalue weighted by Crippen LogP contribution is 2.09. The van der Waals surface area contributed by atoms with Crippen LogP contribution in [0.4, 0.5) is 4.79 Å². The minimum absolute atomic E-state index is 0.117. The highest BCUT2D eigenvalue weighted by atomic mass is 16.5. The van der Waals surface area contributed by atoms with Gasteiger partial charge in [-0.2, -0.15) is 0 Å². The lowest BCUT2D eigenvalue weighted by molar-refractivity contribution is -0.124. The minimum Gasteiger partial charge on any atom is -0.373 e. The van der Waals surface area contributed by atoms with Gasteiger partial charge < -0.3 is 10.1 Å². The number of carbonyl (C=O) groups is 2. The Bertz CT molecular complexity index is 310. The van der Waals surface area contributed by atoms with Crippen LogP contribution in [-0.2, 0) is 9.53 Å². The van der Waals surface area contributed by atoms with Crippen LogP contribution in [0.15, 0.2) is 0 Å². The number of hydrogen-bond acceptors (Lipinski definition) is 4. The molecule has 1 aliphatic heterocycles. The number of rotatable bonds is 4. The molecule has 6 nitrogen and oxygen atoms in total. The Morgan fingerprint density at radius 3 is 2.37 bits per heavy atom. The number of carbonyl (C=O) groups excluding carboxylic acids is 2. The van der Waals surface area contributed by atoms with Crippen molar-refractivity contribution in [2.45, 2.75) is 39.9 Å². The minimum atomic E-state index is -0.423. The second-order valence-corrected chi connectivity index (χ2v) is 5.60. The van der Waals surface area contributed by atoms with E-state index in [0.717, 1.165) is 0 Å². The molecule has 19 heavy (non-hydrogen) atoms. The second-order valence-electron chi connectivity index (χ2n) is 5.60. The Morgan fingerprint density at radius 1 is 1.26 bits per heavy atom. The predicted molar refractivity (Wildman–Crippen MR) is 72.8 cm³/mol. The number of nitrogens with one attached hydrogen (secondary N) is 2. The summed E-state index contributed by atoms with van der Waals surface area (Å²) in [5, 5.41) is 4.99. The van der Waals surface area contributed by atoms with Crippen LogP contribution in [0, 0.1) is 5.92 Å². The maximum atomic E-state index is 11.7. The van der Waals surface area contributed by atoms with Gasteiger partial charge in [-0.25, -0.2) is 4.79 Å². The molecule has 2 atom stereocenters. The summed E-state index contributed by atoms with van der Waals surface area (Å²) >= 11 is 0. The summed E-state index contributed by atoms with van der Waals surface area (Å²) in [5.41, 5.74) is 0. The first-order valence-electron chi connectivity index (χ1n) is 6.82. The van der Waals surface area contributed by atoms with E-state index in [1.807, 2.05) is 32.6 Å². The zero-order valence-corrected chi connectivity index (χ0v) is 12.2. The normalized spacial score (nSPS) is 24.3. The summed E-state index contributed by atoms with van der Waals surface area (Å²) in [6, 6.07) is -0.423. The molecule has 110 valence electrons. The number of urea groups is 1. The molecule has 1 rings (SSSR count). The van der Waals surface area contributed by atoms with E-state index < -0.39 is 6.03 Å². The Balaban J connectivity index is 2.28. The number of imide groups is 1. The molecule has 0 spiro atoms. The zero-order valence-electron chi connectivity index (χ0n) is 12.2. The van der Waals surface area contributed by atoms with Crippen LogP contribution in [0.3, 0.4) is 0 Å². The van der Waals surface area contributed by atoms with E-state index in [0.29, 0.717) is 25.6 Å². The Hall–Kier alpha value is -1.14. The number of amides is 3. The topological polar surface area (TPSA) is 70.7 Å². The summed E-state index contributed by atoms with van der Waals surface area (Å²) in [6.07, 6.45) is 0.234. The highest BCUT2D eigenvalue weighted by molar-refractivity contribution is 5.95. The lowest BCUT2D eigenvalue weighted by Gasteiger charge is -2.34. The van der Waals surface area contributed by atoms with E-state index in [2.05, 4.69) is 10.6 Å². The summed E-state index contributed by atoms with van der Waals surface area (Å²) < 4.78 is 5.59. The molecule has 1 aliphatic rings. The van der Waals surface area contributed by atoms with Gasteiger partial charge in [0, 0.05) is 19.6 Å². The summed E-state index contributed by atoms with van der Waals surface area (Å²) in [4.78, 5) is 25.2. The van der Waals surface area contributed by atoms with Crippen LogP contribution in [0.2, 0.25) is 0 Å². The van der Waals surface area contributed by atoms with Gasteiger partial charge in [0.05, 0.1) is 18.8 Å². The van der Waals surface area contributed by atoms with E-state index in [-0.39, 0.29) is 24.7 Å². The maximum absolute atomic E-state index is 11.7. The molecular formula is C13H25N3O3. The molecule has 0 aromatic carbocycles. The van der Waals surface area contributed by atoms with E-state index in [9.17, 15) is 9.59 Å². The molecular weight excluding hydrogens is 246 g/mol. The van der Waals surface area contributed by atoms with Crippen molar-refractivity contribution in [2.75, 3.05) is 26.2 Å². The fourth-order valence-electron chi connectivity index (χ4n) is 2.12. The predicted octanol–water partition coefficient (Wildman–Crippen LogP) is 0.577. The lowest BCUT2D eigenvalue weighted by Crippen LogP contribution is -2.51. The van der Waals surface area contributed by atoms with Crippen molar-refractivity contribution in [1.82, 2.24) is 15.5 Å². The van der Waals surface area contributed by atoms with Crippen LogP contribution < -0.4 is 10.6 Å². The van der Waals surface area contributed by atoms with Crippen LogP contribution in [-0.4, -0.2) is 55.2 Å². The van der Waals surface area contributed by atoms with Gasteiger partial charge in [-0.15, -0.1) is 0 Å². The van der Waals surface area contributed by atoms with Crippen molar-refractivity contribution in [3.8, 4) is 0 Å². The van der Waals surface area contributed by atoms with E-state index in [1.54, 1.807) is 0 Å². The third kappa shape index (κ3) is 6.54. The zero-order chi connectivity index (χ0) is 14.4. The maximum Gasteiger partial charge on any atom is 0.321 e. The molecule has 0 saturated carbocycles. The molecule has 0 radical (unpaired) electrons. The van der Waals surface area contributed by atoms with Crippen molar-refractivity contribution in [1.29, 1.82) is 0 Å². The van der Waals surface area contributed by atoms with Crippen LogP contribution in [0.1, 0.15) is 27.7 Å². The van der Waals surface area contributed by atoms with Crippen LogP contribution in [0.5, 0.6) is 0 Å². The van der Waals surface area contributed by atoms with Crippen molar-refractivity contribution in [3.63, 3.8) is 0 Å². The quantitative estimate of drug-likeness (QED) is 0.784.